The third-order valence-corrected chi connectivity index (χ3v) is 2.69. The molecule has 3 heteroatoms. The lowest BCUT2D eigenvalue weighted by molar-refractivity contribution is -0.378. The number of halogens is 1. The average Bonchev–Trinajstić information content (AvgIpc) is 2.41. The maximum Gasteiger partial charge on any atom is 0.167 e. The molecule has 2 rings (SSSR count). The summed E-state index contributed by atoms with van der Waals surface area (Å²) in [5.74, 6) is 1.19. The second-order valence-electron chi connectivity index (χ2n) is 4.90. The third kappa shape index (κ3) is 6.92. The van der Waals surface area contributed by atoms with Crippen LogP contribution >= 0.6 is 12.4 Å². The van der Waals surface area contributed by atoms with Gasteiger partial charge in [-0.25, -0.2) is 4.98 Å². The highest BCUT2D eigenvalue weighted by Gasteiger charge is 1.96. The van der Waals surface area contributed by atoms with Gasteiger partial charge in [-0.05, 0) is 29.5 Å². The Labute approximate surface area is 122 Å². The number of nitrogens with zero attached hydrogens (tertiary/aromatic N) is 1. The summed E-state index contributed by atoms with van der Waals surface area (Å²) in [5.41, 5.74) is 2.55. The lowest BCUT2D eigenvalue weighted by atomic mass is 10.1. The topological polar surface area (TPSA) is 27.0 Å². The predicted molar refractivity (Wildman–Crippen MR) is 82.7 cm³/mol. The minimum absolute atomic E-state index is 0. The number of rotatable bonds is 2. The molecule has 2 aromatic rings. The Morgan fingerprint density at radius 3 is 1.84 bits per heavy atom. The van der Waals surface area contributed by atoms with Crippen LogP contribution in [0.15, 0.2) is 48.9 Å². The molecule has 19 heavy (non-hydrogen) atoms. The summed E-state index contributed by atoms with van der Waals surface area (Å²) in [6.07, 6.45) is 5.74. The summed E-state index contributed by atoms with van der Waals surface area (Å²) in [4.78, 5) is 7.17. The maximum absolute atomic E-state index is 4.18. The summed E-state index contributed by atoms with van der Waals surface area (Å²) in [5, 5.41) is 0. The quantitative estimate of drug-likeness (QED) is 0.807. The molecule has 0 saturated heterocycles. The van der Waals surface area contributed by atoms with Crippen molar-refractivity contribution in [1.82, 2.24) is 4.98 Å². The molecule has 0 amide bonds. The van der Waals surface area contributed by atoms with E-state index in [0.717, 1.165) is 5.69 Å². The highest BCUT2D eigenvalue weighted by Crippen LogP contribution is 2.10. The van der Waals surface area contributed by atoms with E-state index in [2.05, 4.69) is 49.8 Å². The monoisotopic (exact) mass is 279 g/mol. The molecule has 2 aromatic heterocycles. The van der Waals surface area contributed by atoms with Crippen LogP contribution in [-0.2, 0) is 0 Å². The van der Waals surface area contributed by atoms with Gasteiger partial charge in [-0.15, -0.1) is 12.4 Å². The second kappa shape index (κ2) is 9.51. The third-order valence-electron chi connectivity index (χ3n) is 2.69. The van der Waals surface area contributed by atoms with E-state index in [1.165, 1.54) is 5.56 Å². The lowest BCUT2D eigenvalue weighted by Gasteiger charge is -2.00. The van der Waals surface area contributed by atoms with Crippen molar-refractivity contribution < 1.29 is 4.98 Å². The highest BCUT2D eigenvalue weighted by molar-refractivity contribution is 5.85. The average molecular weight is 280 g/mol. The first-order valence-electron chi connectivity index (χ1n) is 6.48. The zero-order chi connectivity index (χ0) is 13.4. The molecule has 0 fully saturated rings. The minimum atomic E-state index is 0. The Kier molecular flexibility index (Phi) is 8.81. The van der Waals surface area contributed by atoms with Crippen molar-refractivity contribution >= 4 is 12.4 Å². The molecule has 0 aromatic carbocycles. The number of H-pyrrole nitrogens is 1. The zero-order valence-electron chi connectivity index (χ0n) is 12.1. The molecule has 0 aliphatic heterocycles. The summed E-state index contributed by atoms with van der Waals surface area (Å²) in [6.45, 7) is 8.66. The van der Waals surface area contributed by atoms with Crippen LogP contribution in [0.2, 0.25) is 0 Å². The van der Waals surface area contributed by atoms with Gasteiger partial charge in [0.15, 0.2) is 12.4 Å². The molecule has 0 atom stereocenters. The SMILES string of the molecule is CC(C)c1cc[nH+]cc1.CC(C)c1ccccn1.Cl. The molecular weight excluding hydrogens is 256 g/mol. The van der Waals surface area contributed by atoms with Crippen molar-refractivity contribution in [2.75, 3.05) is 0 Å². The first-order chi connectivity index (χ1) is 8.61. The van der Waals surface area contributed by atoms with E-state index in [1.54, 1.807) is 0 Å². The number of aromatic nitrogens is 2. The van der Waals surface area contributed by atoms with E-state index in [9.17, 15) is 0 Å². The van der Waals surface area contributed by atoms with Crippen LogP contribution in [0.3, 0.4) is 0 Å². The normalized spacial score (nSPS) is 9.58. The largest absolute Gasteiger partial charge is 0.261 e. The van der Waals surface area contributed by atoms with Crippen molar-refractivity contribution in [2.45, 2.75) is 39.5 Å². The van der Waals surface area contributed by atoms with Gasteiger partial charge in [0.2, 0.25) is 0 Å². The van der Waals surface area contributed by atoms with Crippen LogP contribution in [0.4, 0.5) is 0 Å². The zero-order valence-corrected chi connectivity index (χ0v) is 12.9. The first kappa shape index (κ1) is 17.6. The van der Waals surface area contributed by atoms with Gasteiger partial charge in [0.05, 0.1) is 0 Å². The number of nitrogens with one attached hydrogen (secondary N) is 1. The van der Waals surface area contributed by atoms with Crippen LogP contribution < -0.4 is 4.98 Å². The van der Waals surface area contributed by atoms with E-state index in [1.807, 2.05) is 36.8 Å². The van der Waals surface area contributed by atoms with Gasteiger partial charge in [0.1, 0.15) is 0 Å². The Bertz CT molecular complexity index is 384. The Morgan fingerprint density at radius 2 is 1.53 bits per heavy atom. The van der Waals surface area contributed by atoms with Crippen molar-refractivity contribution in [2.24, 2.45) is 0 Å². The fraction of sp³-hybridized carbons (Fsp3) is 0.375. The molecule has 0 unspecified atom stereocenters. The minimum Gasteiger partial charge on any atom is -0.261 e. The molecule has 0 aliphatic carbocycles. The fourth-order valence-electron chi connectivity index (χ4n) is 1.50. The number of pyridine rings is 2. The molecule has 2 nitrogen and oxygen atoms in total. The van der Waals surface area contributed by atoms with E-state index in [0.29, 0.717) is 11.8 Å². The van der Waals surface area contributed by atoms with E-state index < -0.39 is 0 Å². The molecule has 0 bridgehead atoms. The van der Waals surface area contributed by atoms with Gasteiger partial charge in [-0.2, -0.15) is 0 Å². The number of hydrogen-bond acceptors (Lipinski definition) is 1. The molecule has 0 radical (unpaired) electrons. The Morgan fingerprint density at radius 1 is 0.895 bits per heavy atom. The molecule has 0 aliphatic rings. The van der Waals surface area contributed by atoms with Crippen molar-refractivity contribution in [3.8, 4) is 0 Å². The van der Waals surface area contributed by atoms with Crippen LogP contribution in [0, 0.1) is 0 Å². The van der Waals surface area contributed by atoms with Gasteiger partial charge >= 0.3 is 0 Å². The van der Waals surface area contributed by atoms with Crippen molar-refractivity contribution in [3.05, 3.63) is 60.2 Å². The maximum atomic E-state index is 4.18. The predicted octanol–water partition coefficient (Wildman–Crippen LogP) is 4.25. The van der Waals surface area contributed by atoms with Crippen molar-refractivity contribution in [3.63, 3.8) is 0 Å². The van der Waals surface area contributed by atoms with Gasteiger partial charge in [0.25, 0.3) is 0 Å². The lowest BCUT2D eigenvalue weighted by Crippen LogP contribution is -1.99. The molecule has 2 heterocycles. The van der Waals surface area contributed by atoms with Gasteiger partial charge in [-0.3, -0.25) is 4.98 Å². The summed E-state index contributed by atoms with van der Waals surface area (Å²) in [6, 6.07) is 10.2. The Balaban J connectivity index is 0.000000324. The van der Waals surface area contributed by atoms with Gasteiger partial charge < -0.3 is 0 Å². The summed E-state index contributed by atoms with van der Waals surface area (Å²) in [7, 11) is 0. The van der Waals surface area contributed by atoms with Crippen LogP contribution in [0.25, 0.3) is 0 Å². The van der Waals surface area contributed by atoms with Gasteiger partial charge in [-0.1, -0.05) is 33.8 Å². The van der Waals surface area contributed by atoms with E-state index >= 15 is 0 Å². The van der Waals surface area contributed by atoms with Gasteiger partial charge in [0, 0.05) is 24.0 Å². The summed E-state index contributed by atoms with van der Waals surface area (Å²) >= 11 is 0. The van der Waals surface area contributed by atoms with Crippen LogP contribution in [-0.4, -0.2) is 4.98 Å². The van der Waals surface area contributed by atoms with Crippen molar-refractivity contribution in [1.29, 1.82) is 0 Å². The Hall–Kier alpha value is -1.41. The second-order valence-corrected chi connectivity index (χ2v) is 4.90. The summed E-state index contributed by atoms with van der Waals surface area (Å²) < 4.78 is 0. The highest BCUT2D eigenvalue weighted by atomic mass is 35.5. The fourth-order valence-corrected chi connectivity index (χ4v) is 1.50. The van der Waals surface area contributed by atoms with Crippen LogP contribution in [0.1, 0.15) is 50.8 Å². The molecule has 0 saturated carbocycles. The van der Waals surface area contributed by atoms with E-state index in [-0.39, 0.29) is 12.4 Å². The molecular formula is C16H24ClN2+. The standard InChI is InChI=1S/2C8H11N.ClH/c1-7(2)8-3-5-9-6-4-8;1-7(2)8-5-3-4-6-9-8;/h2*3-7H,1-2H3;1H/p+1. The molecule has 0 spiro atoms. The first-order valence-corrected chi connectivity index (χ1v) is 6.48. The molecule has 1 N–H and O–H groups in total. The van der Waals surface area contributed by atoms with Crippen LogP contribution in [0.5, 0.6) is 0 Å². The smallest absolute Gasteiger partial charge is 0.167 e. The number of hydrogen-bond donors (Lipinski definition) is 0. The molecule has 104 valence electrons. The number of aromatic amines is 1. The van der Waals surface area contributed by atoms with E-state index in [4.69, 9.17) is 0 Å².